The Kier molecular flexibility index (Phi) is 4.97. The number of hydrogen-bond donors (Lipinski definition) is 0. The lowest BCUT2D eigenvalue weighted by atomic mass is 10.1. The fourth-order valence-corrected chi connectivity index (χ4v) is 1.79. The largest absolute Gasteiger partial charge is 0.493 e. The Hall–Kier alpha value is -1.75. The van der Waals surface area contributed by atoms with E-state index in [-0.39, 0.29) is 5.70 Å². The highest BCUT2D eigenvalue weighted by molar-refractivity contribution is 6.32. The summed E-state index contributed by atoms with van der Waals surface area (Å²) < 4.78 is 10.2. The van der Waals surface area contributed by atoms with Crippen LogP contribution in [0.15, 0.2) is 17.8 Å². The predicted molar refractivity (Wildman–Crippen MR) is 69.8 cm³/mol. The fraction of sp³-hybridized carbons (Fsp3) is 0.333. The zero-order valence-corrected chi connectivity index (χ0v) is 11.2. The van der Waals surface area contributed by atoms with E-state index < -0.39 is 4.92 Å². The Labute approximate surface area is 110 Å². The van der Waals surface area contributed by atoms with Gasteiger partial charge in [0.05, 0.1) is 24.2 Å². The van der Waals surface area contributed by atoms with Crippen LogP contribution in [-0.4, -0.2) is 19.1 Å². The van der Waals surface area contributed by atoms with Gasteiger partial charge < -0.3 is 9.47 Å². The summed E-state index contributed by atoms with van der Waals surface area (Å²) in [5.41, 5.74) is 0.712. The Balaban J connectivity index is 3.27. The molecule has 6 heteroatoms. The second kappa shape index (κ2) is 6.26. The molecule has 0 saturated carbocycles. The average molecular weight is 272 g/mol. The molecule has 0 N–H and O–H groups in total. The molecule has 0 aliphatic rings. The van der Waals surface area contributed by atoms with Crippen molar-refractivity contribution in [3.63, 3.8) is 0 Å². The first-order valence-corrected chi connectivity index (χ1v) is 5.67. The Bertz CT molecular complexity index is 485. The van der Waals surface area contributed by atoms with Crippen molar-refractivity contribution in [1.29, 1.82) is 0 Å². The molecule has 5 nitrogen and oxygen atoms in total. The lowest BCUT2D eigenvalue weighted by Gasteiger charge is -2.10. The van der Waals surface area contributed by atoms with Gasteiger partial charge in [0, 0.05) is 12.5 Å². The minimum absolute atomic E-state index is 0.110. The molecule has 1 rings (SSSR count). The molecule has 0 heterocycles. The Morgan fingerprint density at radius 1 is 1.44 bits per heavy atom. The molecule has 98 valence electrons. The highest BCUT2D eigenvalue weighted by Crippen LogP contribution is 2.36. The van der Waals surface area contributed by atoms with Gasteiger partial charge >= 0.3 is 0 Å². The van der Waals surface area contributed by atoms with Crippen LogP contribution in [0.1, 0.15) is 18.9 Å². The monoisotopic (exact) mass is 271 g/mol. The van der Waals surface area contributed by atoms with E-state index >= 15 is 0 Å². The predicted octanol–water partition coefficient (Wildman–Crippen LogP) is 3.38. The third kappa shape index (κ3) is 3.13. The van der Waals surface area contributed by atoms with Crippen LogP contribution < -0.4 is 9.47 Å². The molecular formula is C12H14ClNO4. The number of ether oxygens (including phenoxy) is 2. The van der Waals surface area contributed by atoms with Gasteiger partial charge in [0.15, 0.2) is 11.5 Å². The zero-order chi connectivity index (χ0) is 13.7. The van der Waals surface area contributed by atoms with Crippen molar-refractivity contribution < 1.29 is 14.4 Å². The second-order valence-corrected chi connectivity index (χ2v) is 3.89. The van der Waals surface area contributed by atoms with E-state index in [1.165, 1.54) is 20.3 Å². The van der Waals surface area contributed by atoms with Gasteiger partial charge in [-0.1, -0.05) is 18.5 Å². The van der Waals surface area contributed by atoms with Crippen molar-refractivity contribution >= 4 is 17.7 Å². The summed E-state index contributed by atoms with van der Waals surface area (Å²) >= 11 is 6.02. The summed E-state index contributed by atoms with van der Waals surface area (Å²) in [5, 5.41) is 11.1. The first kappa shape index (κ1) is 14.3. The number of benzene rings is 1. The van der Waals surface area contributed by atoms with Crippen LogP contribution in [0.4, 0.5) is 0 Å². The number of hydrogen-bond acceptors (Lipinski definition) is 4. The SMILES string of the molecule is CCC(=Cc1cc(Cl)c(OC)c(OC)c1)[N+](=O)[O-]. The fourth-order valence-electron chi connectivity index (χ4n) is 1.50. The van der Waals surface area contributed by atoms with Crippen LogP contribution >= 0.6 is 11.6 Å². The van der Waals surface area contributed by atoms with Crippen molar-refractivity contribution in [1.82, 2.24) is 0 Å². The molecule has 0 aromatic heterocycles. The summed E-state index contributed by atoms with van der Waals surface area (Å²) in [5.74, 6) is 0.852. The smallest absolute Gasteiger partial charge is 0.246 e. The minimum Gasteiger partial charge on any atom is -0.493 e. The lowest BCUT2D eigenvalue weighted by molar-refractivity contribution is -0.425. The van der Waals surface area contributed by atoms with Gasteiger partial charge in [-0.15, -0.1) is 0 Å². The number of nitro groups is 1. The van der Waals surface area contributed by atoms with Crippen LogP contribution in [0.3, 0.4) is 0 Å². The molecule has 0 amide bonds. The van der Waals surface area contributed by atoms with E-state index in [9.17, 15) is 10.1 Å². The van der Waals surface area contributed by atoms with Gasteiger partial charge in [-0.3, -0.25) is 10.1 Å². The lowest BCUT2D eigenvalue weighted by Crippen LogP contribution is -1.97. The zero-order valence-electron chi connectivity index (χ0n) is 10.4. The van der Waals surface area contributed by atoms with Gasteiger partial charge in [0.25, 0.3) is 0 Å². The molecule has 0 fully saturated rings. The normalized spacial score (nSPS) is 11.2. The second-order valence-electron chi connectivity index (χ2n) is 3.48. The van der Waals surface area contributed by atoms with Crippen LogP contribution in [0.25, 0.3) is 6.08 Å². The molecule has 18 heavy (non-hydrogen) atoms. The maximum absolute atomic E-state index is 10.7. The Morgan fingerprint density at radius 2 is 2.11 bits per heavy atom. The summed E-state index contributed by atoms with van der Waals surface area (Å²) in [6, 6.07) is 3.24. The van der Waals surface area contributed by atoms with Crippen molar-refractivity contribution in [2.45, 2.75) is 13.3 Å². The van der Waals surface area contributed by atoms with Gasteiger partial charge in [-0.05, 0) is 17.7 Å². The van der Waals surface area contributed by atoms with Crippen LogP contribution in [-0.2, 0) is 0 Å². The first-order chi connectivity index (χ1) is 8.53. The van der Waals surface area contributed by atoms with Crippen LogP contribution in [0.5, 0.6) is 11.5 Å². The van der Waals surface area contributed by atoms with E-state index in [4.69, 9.17) is 21.1 Å². The highest BCUT2D eigenvalue weighted by atomic mass is 35.5. The number of halogens is 1. The van der Waals surface area contributed by atoms with Gasteiger partial charge in [-0.25, -0.2) is 0 Å². The summed E-state index contributed by atoms with van der Waals surface area (Å²) in [6.07, 6.45) is 1.80. The van der Waals surface area contributed by atoms with Crippen molar-refractivity contribution in [3.05, 3.63) is 38.5 Å². The summed E-state index contributed by atoms with van der Waals surface area (Å²) in [7, 11) is 2.96. The number of allylic oxidation sites excluding steroid dienone is 1. The molecule has 0 radical (unpaired) electrons. The molecule has 1 aromatic carbocycles. The minimum atomic E-state index is -0.412. The summed E-state index contributed by atoms with van der Waals surface area (Å²) in [6.45, 7) is 1.72. The standard InChI is InChI=1S/C12H14ClNO4/c1-4-9(14(15)16)5-8-6-10(13)12(18-3)11(7-8)17-2/h5-7H,4H2,1-3H3. The van der Waals surface area contributed by atoms with Crippen molar-refractivity contribution in [3.8, 4) is 11.5 Å². The van der Waals surface area contributed by atoms with Gasteiger partial charge in [0.1, 0.15) is 0 Å². The molecule has 0 saturated heterocycles. The maximum Gasteiger partial charge on any atom is 0.246 e. The van der Waals surface area contributed by atoms with E-state index in [0.717, 1.165) is 0 Å². The molecule has 0 aliphatic heterocycles. The Morgan fingerprint density at radius 3 is 2.56 bits per heavy atom. The molecular weight excluding hydrogens is 258 g/mol. The highest BCUT2D eigenvalue weighted by Gasteiger charge is 2.13. The van der Waals surface area contributed by atoms with Crippen LogP contribution in [0.2, 0.25) is 5.02 Å². The molecule has 0 bridgehead atoms. The quantitative estimate of drug-likeness (QED) is 0.608. The molecule has 0 aliphatic carbocycles. The average Bonchev–Trinajstić information content (AvgIpc) is 2.34. The van der Waals surface area contributed by atoms with Crippen molar-refractivity contribution in [2.24, 2.45) is 0 Å². The van der Waals surface area contributed by atoms with Crippen LogP contribution in [0, 0.1) is 10.1 Å². The molecule has 0 atom stereocenters. The molecule has 1 aromatic rings. The molecule has 0 unspecified atom stereocenters. The maximum atomic E-state index is 10.7. The van der Waals surface area contributed by atoms with Crippen molar-refractivity contribution in [2.75, 3.05) is 14.2 Å². The van der Waals surface area contributed by atoms with E-state index in [1.807, 2.05) is 0 Å². The van der Waals surface area contributed by atoms with E-state index in [2.05, 4.69) is 0 Å². The number of rotatable bonds is 5. The van der Waals surface area contributed by atoms with E-state index in [0.29, 0.717) is 28.5 Å². The third-order valence-corrected chi connectivity index (χ3v) is 2.67. The van der Waals surface area contributed by atoms with E-state index in [1.54, 1.807) is 19.1 Å². The van der Waals surface area contributed by atoms with Gasteiger partial charge in [0.2, 0.25) is 5.70 Å². The number of methoxy groups -OCH3 is 2. The number of nitrogens with zero attached hydrogens (tertiary/aromatic N) is 1. The topological polar surface area (TPSA) is 61.6 Å². The van der Waals surface area contributed by atoms with Gasteiger partial charge in [-0.2, -0.15) is 0 Å². The first-order valence-electron chi connectivity index (χ1n) is 5.30. The summed E-state index contributed by atoms with van der Waals surface area (Å²) in [4.78, 5) is 10.3. The third-order valence-electron chi connectivity index (χ3n) is 2.39. The molecule has 0 spiro atoms.